The lowest BCUT2D eigenvalue weighted by atomic mass is 10.0. The molecule has 1 atom stereocenters. The van der Waals surface area contributed by atoms with E-state index in [0.29, 0.717) is 23.7 Å². The number of nitrogens with zero attached hydrogens (tertiary/aromatic N) is 6. The fourth-order valence-electron chi connectivity index (χ4n) is 4.01. The van der Waals surface area contributed by atoms with Crippen LogP contribution in [-0.4, -0.2) is 70.0 Å². The van der Waals surface area contributed by atoms with Crippen LogP contribution in [0.25, 0.3) is 0 Å². The third-order valence-electron chi connectivity index (χ3n) is 5.68. The summed E-state index contributed by atoms with van der Waals surface area (Å²) in [5.41, 5.74) is 1.57. The first kappa shape index (κ1) is 19.0. The second-order valence-electron chi connectivity index (χ2n) is 7.65. The van der Waals surface area contributed by atoms with E-state index in [4.69, 9.17) is 9.47 Å². The third kappa shape index (κ3) is 3.61. The van der Waals surface area contributed by atoms with Gasteiger partial charge in [0, 0.05) is 31.7 Å². The van der Waals surface area contributed by atoms with Crippen LogP contribution in [0.1, 0.15) is 23.0 Å². The summed E-state index contributed by atoms with van der Waals surface area (Å²) >= 11 is 0. The van der Waals surface area contributed by atoms with Gasteiger partial charge in [0.1, 0.15) is 11.9 Å². The summed E-state index contributed by atoms with van der Waals surface area (Å²) in [5.74, 6) is 1.82. The summed E-state index contributed by atoms with van der Waals surface area (Å²) in [5, 5.41) is 12.5. The third-order valence-corrected chi connectivity index (χ3v) is 5.68. The van der Waals surface area contributed by atoms with Crippen LogP contribution in [0.3, 0.4) is 0 Å². The summed E-state index contributed by atoms with van der Waals surface area (Å²) in [7, 11) is 2.10. The molecule has 2 aliphatic heterocycles. The van der Waals surface area contributed by atoms with Gasteiger partial charge >= 0.3 is 0 Å². The Morgan fingerprint density at radius 2 is 1.83 bits per heavy atom. The van der Waals surface area contributed by atoms with Gasteiger partial charge in [-0.25, -0.2) is 9.07 Å². The lowest BCUT2D eigenvalue weighted by Crippen LogP contribution is -2.47. The van der Waals surface area contributed by atoms with Crippen molar-refractivity contribution in [1.82, 2.24) is 30.0 Å². The SMILES string of the molecule is CN1CCN(C(c2ccccc2F)c2nnnn2Cc2ccc3c(c2)OCO3)CC1. The normalized spacial score (nSPS) is 17.9. The molecule has 30 heavy (non-hydrogen) atoms. The highest BCUT2D eigenvalue weighted by atomic mass is 19.1. The molecule has 0 bridgehead atoms. The first-order valence-corrected chi connectivity index (χ1v) is 10.0. The van der Waals surface area contributed by atoms with E-state index in [1.165, 1.54) is 6.07 Å². The Morgan fingerprint density at radius 1 is 1.03 bits per heavy atom. The van der Waals surface area contributed by atoms with Crippen molar-refractivity contribution < 1.29 is 13.9 Å². The maximum Gasteiger partial charge on any atom is 0.231 e. The topological polar surface area (TPSA) is 68.5 Å². The van der Waals surface area contributed by atoms with Crippen LogP contribution in [0.4, 0.5) is 4.39 Å². The second-order valence-corrected chi connectivity index (χ2v) is 7.65. The van der Waals surface area contributed by atoms with E-state index in [9.17, 15) is 4.39 Å². The Balaban J connectivity index is 1.49. The highest BCUT2D eigenvalue weighted by Gasteiger charge is 2.31. The van der Waals surface area contributed by atoms with Gasteiger partial charge in [0.05, 0.1) is 6.54 Å². The number of aromatic nitrogens is 4. The molecular weight excluding hydrogens is 387 g/mol. The van der Waals surface area contributed by atoms with Gasteiger partial charge in [-0.1, -0.05) is 24.3 Å². The summed E-state index contributed by atoms with van der Waals surface area (Å²) in [6, 6.07) is 12.3. The minimum Gasteiger partial charge on any atom is -0.454 e. The molecule has 2 aliphatic rings. The number of ether oxygens (including phenoxy) is 2. The minimum absolute atomic E-state index is 0.230. The highest BCUT2D eigenvalue weighted by molar-refractivity contribution is 5.44. The van der Waals surface area contributed by atoms with Crippen LogP contribution in [-0.2, 0) is 6.54 Å². The molecule has 3 aromatic rings. The van der Waals surface area contributed by atoms with Crippen molar-refractivity contribution in [3.05, 3.63) is 65.2 Å². The van der Waals surface area contributed by atoms with E-state index in [1.807, 2.05) is 30.3 Å². The van der Waals surface area contributed by atoms with E-state index in [0.717, 1.165) is 37.5 Å². The zero-order valence-corrected chi connectivity index (χ0v) is 16.7. The van der Waals surface area contributed by atoms with Crippen LogP contribution >= 0.6 is 0 Å². The van der Waals surface area contributed by atoms with Crippen LogP contribution in [0.5, 0.6) is 11.5 Å². The molecule has 2 aromatic carbocycles. The predicted octanol–water partition coefficient (Wildman–Crippen LogP) is 1.93. The largest absolute Gasteiger partial charge is 0.454 e. The first-order valence-electron chi connectivity index (χ1n) is 10.0. The molecule has 1 unspecified atom stereocenters. The van der Waals surface area contributed by atoms with Crippen LogP contribution in [0.15, 0.2) is 42.5 Å². The predicted molar refractivity (Wildman–Crippen MR) is 107 cm³/mol. The monoisotopic (exact) mass is 410 g/mol. The molecule has 1 aromatic heterocycles. The van der Waals surface area contributed by atoms with Gasteiger partial charge in [-0.15, -0.1) is 5.10 Å². The summed E-state index contributed by atoms with van der Waals surface area (Å²) < 4.78 is 27.4. The van der Waals surface area contributed by atoms with E-state index in [2.05, 4.69) is 32.4 Å². The smallest absolute Gasteiger partial charge is 0.231 e. The van der Waals surface area contributed by atoms with Gasteiger partial charge in [0.25, 0.3) is 0 Å². The molecule has 0 saturated carbocycles. The number of likely N-dealkylation sites (N-methyl/N-ethyl adjacent to an activating group) is 1. The van der Waals surface area contributed by atoms with Crippen molar-refractivity contribution in [2.75, 3.05) is 40.0 Å². The Hall–Kier alpha value is -3.04. The average Bonchev–Trinajstić information content (AvgIpc) is 3.40. The minimum atomic E-state index is -0.357. The molecule has 0 N–H and O–H groups in total. The van der Waals surface area contributed by atoms with Gasteiger partial charge in [-0.05, 0) is 41.2 Å². The van der Waals surface area contributed by atoms with Crippen molar-refractivity contribution in [2.45, 2.75) is 12.6 Å². The Morgan fingerprint density at radius 3 is 2.67 bits per heavy atom. The number of fused-ring (bicyclic) bond motifs is 1. The summed E-state index contributed by atoms with van der Waals surface area (Å²) in [4.78, 5) is 4.52. The average molecular weight is 410 g/mol. The molecule has 0 amide bonds. The number of tetrazole rings is 1. The molecule has 5 rings (SSSR count). The molecule has 0 spiro atoms. The zero-order chi connectivity index (χ0) is 20.5. The van der Waals surface area contributed by atoms with Gasteiger partial charge in [-0.2, -0.15) is 0 Å². The van der Waals surface area contributed by atoms with Crippen molar-refractivity contribution in [1.29, 1.82) is 0 Å². The van der Waals surface area contributed by atoms with Gasteiger partial charge in [0.15, 0.2) is 17.3 Å². The molecule has 156 valence electrons. The molecule has 8 nitrogen and oxygen atoms in total. The van der Waals surface area contributed by atoms with Crippen molar-refractivity contribution >= 4 is 0 Å². The number of rotatable bonds is 5. The van der Waals surface area contributed by atoms with Gasteiger partial charge in [0.2, 0.25) is 6.79 Å². The van der Waals surface area contributed by atoms with E-state index >= 15 is 0 Å². The number of halogens is 1. The molecule has 0 radical (unpaired) electrons. The zero-order valence-electron chi connectivity index (χ0n) is 16.7. The van der Waals surface area contributed by atoms with Crippen molar-refractivity contribution in [3.8, 4) is 11.5 Å². The Labute approximate surface area is 173 Å². The van der Waals surface area contributed by atoms with E-state index in [-0.39, 0.29) is 18.7 Å². The lowest BCUT2D eigenvalue weighted by Gasteiger charge is -2.37. The molecule has 9 heteroatoms. The molecule has 1 saturated heterocycles. The maximum absolute atomic E-state index is 14.8. The molecule has 3 heterocycles. The summed E-state index contributed by atoms with van der Waals surface area (Å²) in [6.45, 7) is 4.13. The molecule has 0 aliphatic carbocycles. The standard InChI is InChI=1S/C21H23FN6O2/c1-26-8-10-27(11-9-26)20(16-4-2-3-5-17(16)22)21-23-24-25-28(21)13-15-6-7-18-19(12-15)30-14-29-18/h2-7,12,20H,8-11,13-14H2,1H3. The number of hydrogen-bond donors (Lipinski definition) is 0. The first-order chi connectivity index (χ1) is 14.7. The van der Waals surface area contributed by atoms with Gasteiger partial charge in [-0.3, -0.25) is 4.90 Å². The number of benzene rings is 2. The van der Waals surface area contributed by atoms with Crippen molar-refractivity contribution in [3.63, 3.8) is 0 Å². The lowest BCUT2D eigenvalue weighted by molar-refractivity contribution is 0.120. The Kier molecular flexibility index (Phi) is 5.06. The quantitative estimate of drug-likeness (QED) is 0.637. The fourth-order valence-corrected chi connectivity index (χ4v) is 4.01. The van der Waals surface area contributed by atoms with Crippen LogP contribution in [0, 0.1) is 5.82 Å². The second kappa shape index (κ2) is 8.00. The van der Waals surface area contributed by atoms with Crippen LogP contribution in [0.2, 0.25) is 0 Å². The van der Waals surface area contributed by atoms with E-state index in [1.54, 1.807) is 10.7 Å². The molecule has 1 fully saturated rings. The summed E-state index contributed by atoms with van der Waals surface area (Å²) in [6.07, 6.45) is 0. The molecular formula is C21H23FN6O2. The highest BCUT2D eigenvalue weighted by Crippen LogP contribution is 2.34. The fraction of sp³-hybridized carbons (Fsp3) is 0.381. The number of hydrogen-bond acceptors (Lipinski definition) is 7. The van der Waals surface area contributed by atoms with Gasteiger partial charge < -0.3 is 14.4 Å². The Bertz CT molecular complexity index is 1030. The van der Waals surface area contributed by atoms with Crippen LogP contribution < -0.4 is 9.47 Å². The number of piperazine rings is 1. The van der Waals surface area contributed by atoms with Crippen molar-refractivity contribution in [2.24, 2.45) is 0 Å². The maximum atomic E-state index is 14.8. The van der Waals surface area contributed by atoms with E-state index < -0.39 is 0 Å².